The highest BCUT2D eigenvalue weighted by Gasteiger charge is 2.27. The Morgan fingerprint density at radius 2 is 1.71 bits per heavy atom. The molecule has 2 aliphatic heterocycles. The first-order valence-corrected chi connectivity index (χ1v) is 8.71. The number of urea groups is 1. The molecular formula is C17H25N5O2. The Morgan fingerprint density at radius 3 is 2.38 bits per heavy atom. The molecule has 1 aromatic heterocycles. The molecule has 0 radical (unpaired) electrons. The van der Waals surface area contributed by atoms with Gasteiger partial charge in [-0.3, -0.25) is 4.79 Å². The van der Waals surface area contributed by atoms with Crippen LogP contribution in [0, 0.1) is 0 Å². The Balaban J connectivity index is 1.48. The van der Waals surface area contributed by atoms with Gasteiger partial charge in [-0.25, -0.2) is 9.78 Å². The highest BCUT2D eigenvalue weighted by molar-refractivity contribution is 5.92. The van der Waals surface area contributed by atoms with Gasteiger partial charge in [-0.1, -0.05) is 6.07 Å². The van der Waals surface area contributed by atoms with Crippen molar-refractivity contribution in [1.82, 2.24) is 20.1 Å². The van der Waals surface area contributed by atoms with Gasteiger partial charge in [0.15, 0.2) is 0 Å². The van der Waals surface area contributed by atoms with E-state index in [-0.39, 0.29) is 18.0 Å². The molecule has 0 spiro atoms. The number of nitrogen functional groups attached to an aromatic ring is 1. The first-order valence-electron chi connectivity index (χ1n) is 8.71. The van der Waals surface area contributed by atoms with Gasteiger partial charge < -0.3 is 20.9 Å². The molecular weight excluding hydrogens is 306 g/mol. The molecule has 3 amide bonds. The van der Waals surface area contributed by atoms with Crippen molar-refractivity contribution >= 4 is 17.8 Å². The summed E-state index contributed by atoms with van der Waals surface area (Å²) in [6.45, 7) is 3.11. The molecule has 2 fully saturated rings. The fraction of sp³-hybridized carbons (Fsp3) is 0.588. The number of nitrogens with one attached hydrogen (secondary N) is 1. The van der Waals surface area contributed by atoms with Crippen LogP contribution in [0.1, 0.15) is 42.6 Å². The Bertz CT molecular complexity index is 592. The van der Waals surface area contributed by atoms with E-state index in [2.05, 4.69) is 10.3 Å². The molecule has 0 bridgehead atoms. The predicted molar refractivity (Wildman–Crippen MR) is 91.5 cm³/mol. The topological polar surface area (TPSA) is 91.6 Å². The normalized spacial score (nSPS) is 19.2. The summed E-state index contributed by atoms with van der Waals surface area (Å²) in [6, 6.07) is 5.25. The SMILES string of the molecule is Nc1cccc(C(=O)NC2CCN(C(=O)N3CCCCC3)CC2)n1. The second-order valence-corrected chi connectivity index (χ2v) is 6.51. The fourth-order valence-electron chi connectivity index (χ4n) is 3.34. The number of carbonyl (C=O) groups is 2. The minimum absolute atomic E-state index is 0.0751. The van der Waals surface area contributed by atoms with E-state index in [9.17, 15) is 9.59 Å². The highest BCUT2D eigenvalue weighted by Crippen LogP contribution is 2.16. The number of rotatable bonds is 2. The van der Waals surface area contributed by atoms with Crippen molar-refractivity contribution in [3.63, 3.8) is 0 Å². The lowest BCUT2D eigenvalue weighted by molar-refractivity contribution is 0.0903. The number of pyridine rings is 1. The van der Waals surface area contributed by atoms with Gasteiger partial charge in [0.1, 0.15) is 11.5 Å². The number of amides is 3. The van der Waals surface area contributed by atoms with Gasteiger partial charge in [0, 0.05) is 32.2 Å². The zero-order valence-corrected chi connectivity index (χ0v) is 13.9. The second-order valence-electron chi connectivity index (χ2n) is 6.51. The summed E-state index contributed by atoms with van der Waals surface area (Å²) in [6.07, 6.45) is 4.97. The summed E-state index contributed by atoms with van der Waals surface area (Å²) in [5.74, 6) is 0.132. The Hall–Kier alpha value is -2.31. The standard InChI is InChI=1S/C17H25N5O2/c18-15-6-4-5-14(20-15)16(23)19-13-7-11-22(12-8-13)17(24)21-9-2-1-3-10-21/h4-6,13H,1-3,7-12H2,(H2,18,20)(H,19,23). The third kappa shape index (κ3) is 3.96. The molecule has 0 aromatic carbocycles. The third-order valence-electron chi connectivity index (χ3n) is 4.73. The first-order chi connectivity index (χ1) is 11.6. The van der Waals surface area contributed by atoms with Gasteiger partial charge in [0.05, 0.1) is 0 Å². The molecule has 7 heteroatoms. The minimum atomic E-state index is -0.205. The molecule has 3 N–H and O–H groups in total. The number of nitrogens with zero attached hydrogens (tertiary/aromatic N) is 3. The van der Waals surface area contributed by atoms with Gasteiger partial charge >= 0.3 is 6.03 Å². The molecule has 2 saturated heterocycles. The van der Waals surface area contributed by atoms with E-state index in [0.717, 1.165) is 38.8 Å². The molecule has 7 nitrogen and oxygen atoms in total. The lowest BCUT2D eigenvalue weighted by Gasteiger charge is -2.37. The number of hydrogen-bond acceptors (Lipinski definition) is 4. The number of piperidine rings is 2. The number of nitrogens with two attached hydrogens (primary N) is 1. The second kappa shape index (κ2) is 7.51. The van der Waals surface area contributed by atoms with Crippen LogP contribution in [0.15, 0.2) is 18.2 Å². The average molecular weight is 331 g/mol. The van der Waals surface area contributed by atoms with Crippen LogP contribution in [0.2, 0.25) is 0 Å². The number of likely N-dealkylation sites (tertiary alicyclic amines) is 2. The molecule has 3 heterocycles. The third-order valence-corrected chi connectivity index (χ3v) is 4.73. The largest absolute Gasteiger partial charge is 0.384 e. The maximum Gasteiger partial charge on any atom is 0.319 e. The van der Waals surface area contributed by atoms with Crippen LogP contribution in [0.3, 0.4) is 0 Å². The van der Waals surface area contributed by atoms with Crippen LogP contribution in [0.5, 0.6) is 0 Å². The average Bonchev–Trinajstić information content (AvgIpc) is 2.62. The lowest BCUT2D eigenvalue weighted by atomic mass is 10.0. The van der Waals surface area contributed by atoms with Crippen molar-refractivity contribution in [3.8, 4) is 0 Å². The van der Waals surface area contributed by atoms with Crippen LogP contribution >= 0.6 is 0 Å². The van der Waals surface area contributed by atoms with Crippen molar-refractivity contribution in [2.75, 3.05) is 31.9 Å². The van der Waals surface area contributed by atoms with Crippen LogP contribution in [-0.2, 0) is 0 Å². The summed E-state index contributed by atoms with van der Waals surface area (Å²) in [7, 11) is 0. The van der Waals surface area contributed by atoms with Crippen molar-refractivity contribution in [3.05, 3.63) is 23.9 Å². The number of carbonyl (C=O) groups excluding carboxylic acids is 2. The molecule has 0 aliphatic carbocycles. The number of hydrogen-bond donors (Lipinski definition) is 2. The van der Waals surface area contributed by atoms with Gasteiger partial charge in [0.2, 0.25) is 0 Å². The summed E-state index contributed by atoms with van der Waals surface area (Å²) < 4.78 is 0. The van der Waals surface area contributed by atoms with Crippen molar-refractivity contribution in [2.24, 2.45) is 0 Å². The molecule has 24 heavy (non-hydrogen) atoms. The predicted octanol–water partition coefficient (Wildman–Crippen LogP) is 1.46. The highest BCUT2D eigenvalue weighted by atomic mass is 16.2. The molecule has 3 rings (SSSR count). The maximum absolute atomic E-state index is 12.5. The van der Waals surface area contributed by atoms with Crippen LogP contribution < -0.4 is 11.1 Å². The van der Waals surface area contributed by atoms with Gasteiger partial charge in [-0.2, -0.15) is 0 Å². The summed E-state index contributed by atoms with van der Waals surface area (Å²) in [4.78, 5) is 32.6. The Kier molecular flexibility index (Phi) is 5.17. The van der Waals surface area contributed by atoms with E-state index in [4.69, 9.17) is 5.73 Å². The first kappa shape index (κ1) is 16.5. The van der Waals surface area contributed by atoms with E-state index in [1.807, 2.05) is 9.80 Å². The van der Waals surface area contributed by atoms with Crippen molar-refractivity contribution in [1.29, 1.82) is 0 Å². The van der Waals surface area contributed by atoms with Crippen LogP contribution in [0.25, 0.3) is 0 Å². The fourth-order valence-corrected chi connectivity index (χ4v) is 3.34. The summed E-state index contributed by atoms with van der Waals surface area (Å²) in [5.41, 5.74) is 5.95. The smallest absolute Gasteiger partial charge is 0.319 e. The molecule has 2 aliphatic rings. The zero-order chi connectivity index (χ0) is 16.9. The van der Waals surface area contributed by atoms with E-state index in [0.29, 0.717) is 24.6 Å². The Labute approximate surface area is 142 Å². The molecule has 130 valence electrons. The van der Waals surface area contributed by atoms with Gasteiger partial charge in [-0.15, -0.1) is 0 Å². The summed E-state index contributed by atoms with van der Waals surface area (Å²) in [5, 5.41) is 2.99. The number of anilines is 1. The Morgan fingerprint density at radius 1 is 1.04 bits per heavy atom. The minimum Gasteiger partial charge on any atom is -0.384 e. The number of aromatic nitrogens is 1. The van der Waals surface area contributed by atoms with E-state index < -0.39 is 0 Å². The van der Waals surface area contributed by atoms with Gasteiger partial charge in [0.25, 0.3) is 5.91 Å². The van der Waals surface area contributed by atoms with E-state index in [1.165, 1.54) is 6.42 Å². The summed E-state index contributed by atoms with van der Waals surface area (Å²) >= 11 is 0. The monoisotopic (exact) mass is 331 g/mol. The van der Waals surface area contributed by atoms with Crippen LogP contribution in [-0.4, -0.2) is 58.9 Å². The van der Waals surface area contributed by atoms with Crippen LogP contribution in [0.4, 0.5) is 10.6 Å². The quantitative estimate of drug-likeness (QED) is 0.858. The lowest BCUT2D eigenvalue weighted by Crippen LogP contribution is -2.51. The molecule has 0 unspecified atom stereocenters. The zero-order valence-electron chi connectivity index (χ0n) is 13.9. The maximum atomic E-state index is 12.5. The molecule has 0 atom stereocenters. The molecule has 0 saturated carbocycles. The van der Waals surface area contributed by atoms with E-state index in [1.54, 1.807) is 18.2 Å². The van der Waals surface area contributed by atoms with E-state index >= 15 is 0 Å². The van der Waals surface area contributed by atoms with Gasteiger partial charge in [-0.05, 0) is 44.2 Å². The molecule has 1 aromatic rings. The van der Waals surface area contributed by atoms with Crippen molar-refractivity contribution in [2.45, 2.75) is 38.1 Å². The van der Waals surface area contributed by atoms with Crippen molar-refractivity contribution < 1.29 is 9.59 Å².